The van der Waals surface area contributed by atoms with Crippen molar-refractivity contribution in [1.82, 2.24) is 0 Å². The zero-order chi connectivity index (χ0) is 7.28. The lowest BCUT2D eigenvalue weighted by atomic mass is 10.4. The molecule has 0 unspecified atom stereocenters. The molecule has 0 aromatic carbocycles. The van der Waals surface area contributed by atoms with Crippen LogP contribution < -0.4 is 0 Å². The Hall–Kier alpha value is -0.310. The molecule has 0 bridgehead atoms. The van der Waals surface area contributed by atoms with Crippen LogP contribution in [-0.4, -0.2) is 12.4 Å². The van der Waals surface area contributed by atoms with Crippen molar-refractivity contribution in [2.45, 2.75) is 13.8 Å². The van der Waals surface area contributed by atoms with E-state index >= 15 is 0 Å². The van der Waals surface area contributed by atoms with E-state index in [0.717, 1.165) is 0 Å². The molecule has 0 radical (unpaired) electrons. The second-order valence-electron chi connectivity index (χ2n) is 1.48. The second-order valence-corrected chi connectivity index (χ2v) is 2.33. The minimum Gasteiger partial charge on any atom is -0.500 e. The highest BCUT2D eigenvalue weighted by Crippen LogP contribution is 2.04. The Morgan fingerprint density at radius 3 is 2.67 bits per heavy atom. The minimum absolute atomic E-state index is 0.0246. The lowest BCUT2D eigenvalue weighted by Gasteiger charge is -1.93. The summed E-state index contributed by atoms with van der Waals surface area (Å²) in [6.45, 7) is 3.92. The molecule has 52 valence electrons. The average molecular weight is 193 g/mol. The molecule has 0 aliphatic heterocycles. The molecule has 9 heavy (non-hydrogen) atoms. The number of allylic oxidation sites excluding steroid dienone is 1. The van der Waals surface area contributed by atoms with Crippen molar-refractivity contribution in [3.05, 3.63) is 10.7 Å². The maximum atomic E-state index is 10.5. The van der Waals surface area contributed by atoms with Crippen LogP contribution in [0.4, 0.5) is 0 Å². The number of ether oxygens (including phenoxy) is 1. The molecule has 0 heterocycles. The van der Waals surface area contributed by atoms with Crippen LogP contribution in [0.3, 0.4) is 0 Å². The predicted octanol–water partition coefficient (Wildman–Crippen LogP) is 1.85. The van der Waals surface area contributed by atoms with E-state index in [0.29, 0.717) is 11.1 Å². The summed E-state index contributed by atoms with van der Waals surface area (Å²) < 4.78 is 5.30. The number of hydrogen-bond donors (Lipinski definition) is 0. The number of carbonyl (C=O) groups excluding carboxylic acids is 1. The van der Waals surface area contributed by atoms with Crippen LogP contribution in [0.25, 0.3) is 0 Å². The Balaban J connectivity index is 3.69. The van der Waals surface area contributed by atoms with Crippen LogP contribution in [0.15, 0.2) is 10.7 Å². The van der Waals surface area contributed by atoms with Crippen molar-refractivity contribution >= 4 is 21.7 Å². The first kappa shape index (κ1) is 8.69. The standard InChI is InChI=1S/C6H9BrO2/c1-3-9-4-6(7)5(2)8/h4H,3H2,1-2H3/b6-4+. The van der Waals surface area contributed by atoms with Crippen LogP contribution >= 0.6 is 15.9 Å². The third-order valence-corrected chi connectivity index (χ3v) is 1.44. The summed E-state index contributed by atoms with van der Waals surface area (Å²) >= 11 is 3.03. The van der Waals surface area contributed by atoms with Gasteiger partial charge in [0.2, 0.25) is 0 Å². The van der Waals surface area contributed by atoms with E-state index in [-0.39, 0.29) is 5.78 Å². The molecule has 0 N–H and O–H groups in total. The highest BCUT2D eigenvalue weighted by atomic mass is 79.9. The van der Waals surface area contributed by atoms with Gasteiger partial charge in [0.05, 0.1) is 11.1 Å². The smallest absolute Gasteiger partial charge is 0.169 e. The molecule has 0 amide bonds. The molecule has 0 spiro atoms. The molecule has 2 nitrogen and oxygen atoms in total. The maximum absolute atomic E-state index is 10.5. The van der Waals surface area contributed by atoms with Crippen LogP contribution in [0.5, 0.6) is 0 Å². The molecule has 0 saturated heterocycles. The highest BCUT2D eigenvalue weighted by Gasteiger charge is 1.95. The molecule has 0 aromatic rings. The zero-order valence-electron chi connectivity index (χ0n) is 5.48. The Bertz CT molecular complexity index is 129. The number of hydrogen-bond acceptors (Lipinski definition) is 2. The van der Waals surface area contributed by atoms with Crippen molar-refractivity contribution < 1.29 is 9.53 Å². The monoisotopic (exact) mass is 192 g/mol. The van der Waals surface area contributed by atoms with Crippen LogP contribution in [-0.2, 0) is 9.53 Å². The fourth-order valence-corrected chi connectivity index (χ4v) is 0.372. The average Bonchev–Trinajstić information content (AvgIpc) is 1.82. The summed E-state index contributed by atoms with van der Waals surface area (Å²) in [5.74, 6) is -0.0246. The van der Waals surface area contributed by atoms with Crippen molar-refractivity contribution in [3.63, 3.8) is 0 Å². The Morgan fingerprint density at radius 2 is 2.33 bits per heavy atom. The molecule has 0 atom stereocenters. The van der Waals surface area contributed by atoms with Gasteiger partial charge in [-0.1, -0.05) is 0 Å². The molecule has 3 heteroatoms. The SMILES string of the molecule is CCO/C=C(/Br)C(C)=O. The molecule has 0 aliphatic rings. The quantitative estimate of drug-likeness (QED) is 0.505. The summed E-state index contributed by atoms with van der Waals surface area (Å²) in [6.07, 6.45) is 1.41. The summed E-state index contributed by atoms with van der Waals surface area (Å²) in [5, 5.41) is 0. The first-order chi connectivity index (χ1) is 4.18. The second kappa shape index (κ2) is 4.56. The Labute approximate surface area is 63.0 Å². The Kier molecular flexibility index (Phi) is 4.40. The highest BCUT2D eigenvalue weighted by molar-refractivity contribution is 9.12. The molecular weight excluding hydrogens is 184 g/mol. The van der Waals surface area contributed by atoms with Crippen molar-refractivity contribution in [1.29, 1.82) is 0 Å². The van der Waals surface area contributed by atoms with E-state index in [1.807, 2.05) is 6.92 Å². The zero-order valence-corrected chi connectivity index (χ0v) is 7.06. The maximum Gasteiger partial charge on any atom is 0.169 e. The largest absolute Gasteiger partial charge is 0.500 e. The lowest BCUT2D eigenvalue weighted by Crippen LogP contribution is -1.89. The molecule has 0 aromatic heterocycles. The van der Waals surface area contributed by atoms with Gasteiger partial charge in [-0.15, -0.1) is 0 Å². The molecule has 0 fully saturated rings. The van der Waals surface area contributed by atoms with Gasteiger partial charge in [0.15, 0.2) is 5.78 Å². The number of carbonyl (C=O) groups is 1. The fraction of sp³-hybridized carbons (Fsp3) is 0.500. The van der Waals surface area contributed by atoms with E-state index in [4.69, 9.17) is 4.74 Å². The molecule has 0 rings (SSSR count). The van der Waals surface area contributed by atoms with Gasteiger partial charge in [-0.3, -0.25) is 4.79 Å². The van der Waals surface area contributed by atoms with Gasteiger partial charge in [-0.05, 0) is 29.8 Å². The van der Waals surface area contributed by atoms with Crippen molar-refractivity contribution in [3.8, 4) is 0 Å². The van der Waals surface area contributed by atoms with Crippen molar-refractivity contribution in [2.24, 2.45) is 0 Å². The third-order valence-electron chi connectivity index (χ3n) is 0.690. The van der Waals surface area contributed by atoms with Gasteiger partial charge >= 0.3 is 0 Å². The lowest BCUT2D eigenvalue weighted by molar-refractivity contribution is -0.113. The van der Waals surface area contributed by atoms with Gasteiger partial charge in [0, 0.05) is 0 Å². The normalized spacial score (nSPS) is 11.2. The molecular formula is C6H9BrO2. The number of ketones is 1. The summed E-state index contributed by atoms with van der Waals surface area (Å²) in [4.78, 5) is 10.5. The fourth-order valence-electron chi connectivity index (χ4n) is 0.239. The minimum atomic E-state index is -0.0246. The number of halogens is 1. The van der Waals surface area contributed by atoms with Gasteiger partial charge in [0.1, 0.15) is 6.26 Å². The number of rotatable bonds is 3. The topological polar surface area (TPSA) is 26.3 Å². The van der Waals surface area contributed by atoms with E-state index in [1.54, 1.807) is 0 Å². The van der Waals surface area contributed by atoms with Gasteiger partial charge in [-0.25, -0.2) is 0 Å². The predicted molar refractivity (Wildman–Crippen MR) is 39.3 cm³/mol. The van der Waals surface area contributed by atoms with Crippen molar-refractivity contribution in [2.75, 3.05) is 6.61 Å². The van der Waals surface area contributed by atoms with Crippen LogP contribution in [0.1, 0.15) is 13.8 Å². The van der Waals surface area contributed by atoms with Gasteiger partial charge in [0.25, 0.3) is 0 Å². The summed E-state index contributed by atoms with van der Waals surface area (Å²) in [7, 11) is 0. The first-order valence-electron chi connectivity index (χ1n) is 2.66. The Morgan fingerprint density at radius 1 is 1.78 bits per heavy atom. The van der Waals surface area contributed by atoms with E-state index < -0.39 is 0 Å². The van der Waals surface area contributed by atoms with Crippen LogP contribution in [0, 0.1) is 0 Å². The number of Topliss-reactive ketones (excluding diaryl/α,β-unsaturated/α-hetero) is 1. The summed E-state index contributed by atoms with van der Waals surface area (Å²) in [6, 6.07) is 0. The van der Waals surface area contributed by atoms with E-state index in [1.165, 1.54) is 13.2 Å². The van der Waals surface area contributed by atoms with Gasteiger partial charge in [-0.2, -0.15) is 0 Å². The molecule has 0 aliphatic carbocycles. The molecule has 0 saturated carbocycles. The first-order valence-corrected chi connectivity index (χ1v) is 3.46. The summed E-state index contributed by atoms with van der Waals surface area (Å²) in [5.41, 5.74) is 0. The van der Waals surface area contributed by atoms with Gasteiger partial charge < -0.3 is 4.74 Å². The van der Waals surface area contributed by atoms with Crippen LogP contribution in [0.2, 0.25) is 0 Å². The van der Waals surface area contributed by atoms with E-state index in [2.05, 4.69) is 15.9 Å². The third kappa shape index (κ3) is 4.21. The van der Waals surface area contributed by atoms with E-state index in [9.17, 15) is 4.79 Å².